The van der Waals surface area contributed by atoms with E-state index in [0.29, 0.717) is 19.3 Å². The Morgan fingerprint density at radius 1 is 1.09 bits per heavy atom. The summed E-state index contributed by atoms with van der Waals surface area (Å²) in [5.41, 5.74) is 0.611. The Hall–Kier alpha value is -1.86. The Labute approximate surface area is 194 Å². The van der Waals surface area contributed by atoms with Gasteiger partial charge in [0.1, 0.15) is 6.10 Å². The molecule has 3 aliphatic rings. The van der Waals surface area contributed by atoms with Gasteiger partial charge in [0.05, 0.1) is 11.5 Å². The van der Waals surface area contributed by atoms with Crippen molar-refractivity contribution in [2.45, 2.75) is 31.8 Å². The van der Waals surface area contributed by atoms with Gasteiger partial charge in [0.25, 0.3) is 0 Å². The van der Waals surface area contributed by atoms with E-state index in [1.807, 2.05) is 24.3 Å². The molecule has 1 unspecified atom stereocenters. The van der Waals surface area contributed by atoms with E-state index in [4.69, 9.17) is 21.6 Å². The fourth-order valence-corrected chi connectivity index (χ4v) is 6.19. The first kappa shape index (κ1) is 23.3. The molecule has 1 aromatic carbocycles. The summed E-state index contributed by atoms with van der Waals surface area (Å²) in [7, 11) is -3.56. The third-order valence-electron chi connectivity index (χ3n) is 6.98. The minimum atomic E-state index is -3.56. The van der Waals surface area contributed by atoms with Crippen molar-refractivity contribution < 1.29 is 17.9 Å². The number of hydrogen-bond acceptors (Lipinski definition) is 7. The van der Waals surface area contributed by atoms with Crippen LogP contribution in [0.5, 0.6) is 0 Å². The number of carbonyl (C=O) groups is 1. The molecule has 0 N–H and O–H groups in total. The summed E-state index contributed by atoms with van der Waals surface area (Å²) < 4.78 is 31.3. The van der Waals surface area contributed by atoms with E-state index in [2.05, 4.69) is 9.80 Å². The van der Waals surface area contributed by atoms with Crippen LogP contribution in [0.15, 0.2) is 24.3 Å². The van der Waals surface area contributed by atoms with E-state index in [-0.39, 0.29) is 25.2 Å². The first-order chi connectivity index (χ1) is 15.3. The number of nitrogens with zero attached hydrogens (tertiary/aromatic N) is 4. The molecular formula is C22H29ClN4O4S. The number of sulfonamides is 1. The zero-order valence-corrected chi connectivity index (χ0v) is 19.7. The van der Waals surface area contributed by atoms with E-state index in [0.717, 1.165) is 44.2 Å². The highest BCUT2D eigenvalue weighted by Crippen LogP contribution is 2.44. The molecule has 0 radical (unpaired) electrons. The number of hydrogen-bond donors (Lipinski definition) is 0. The Kier molecular flexibility index (Phi) is 6.96. The lowest BCUT2D eigenvalue weighted by Crippen LogP contribution is -2.47. The predicted molar refractivity (Wildman–Crippen MR) is 122 cm³/mol. The zero-order chi connectivity index (χ0) is 22.8. The SMILES string of the molecule is N#CCS(=O)(=O)N1CCC2(CC1)CC(CCN1CCN(c3ccc(Cl)cc3)CC1)OC2=O. The van der Waals surface area contributed by atoms with Crippen molar-refractivity contribution in [2.75, 3.05) is 56.5 Å². The minimum Gasteiger partial charge on any atom is -0.462 e. The van der Waals surface area contributed by atoms with E-state index in [1.54, 1.807) is 6.07 Å². The zero-order valence-electron chi connectivity index (χ0n) is 18.1. The predicted octanol–water partition coefficient (Wildman–Crippen LogP) is 2.10. The number of ether oxygens (including phenoxy) is 1. The van der Waals surface area contributed by atoms with Crippen molar-refractivity contribution in [3.05, 3.63) is 29.3 Å². The second-order valence-corrected chi connectivity index (χ2v) is 11.3. The molecule has 0 bridgehead atoms. The van der Waals surface area contributed by atoms with E-state index in [9.17, 15) is 13.2 Å². The van der Waals surface area contributed by atoms with Crippen LogP contribution in [0.3, 0.4) is 0 Å². The topological polar surface area (TPSA) is 93.9 Å². The number of anilines is 1. The fraction of sp³-hybridized carbons (Fsp3) is 0.636. The van der Waals surface area contributed by atoms with Crippen molar-refractivity contribution in [2.24, 2.45) is 5.41 Å². The molecule has 3 saturated heterocycles. The van der Waals surface area contributed by atoms with Crippen LogP contribution in [0, 0.1) is 16.7 Å². The van der Waals surface area contributed by atoms with Crippen LogP contribution in [0.4, 0.5) is 5.69 Å². The molecule has 1 spiro atoms. The summed E-state index contributed by atoms with van der Waals surface area (Å²) >= 11 is 5.98. The van der Waals surface area contributed by atoms with Crippen LogP contribution in [0.2, 0.25) is 5.02 Å². The van der Waals surface area contributed by atoms with Gasteiger partial charge in [-0.1, -0.05) is 11.6 Å². The molecular weight excluding hydrogens is 452 g/mol. The first-order valence-electron chi connectivity index (χ1n) is 11.1. The van der Waals surface area contributed by atoms with E-state index in [1.165, 1.54) is 9.99 Å². The largest absolute Gasteiger partial charge is 0.462 e. The normalized spacial score (nSPS) is 24.4. The van der Waals surface area contributed by atoms with Gasteiger partial charge in [-0.2, -0.15) is 5.26 Å². The van der Waals surface area contributed by atoms with Gasteiger partial charge >= 0.3 is 5.97 Å². The van der Waals surface area contributed by atoms with Crippen LogP contribution >= 0.6 is 11.6 Å². The van der Waals surface area contributed by atoms with E-state index < -0.39 is 21.2 Å². The van der Waals surface area contributed by atoms with E-state index >= 15 is 0 Å². The average Bonchev–Trinajstić information content (AvgIpc) is 3.08. The van der Waals surface area contributed by atoms with Crippen LogP contribution in [0.1, 0.15) is 25.7 Å². The molecule has 1 aromatic rings. The van der Waals surface area contributed by atoms with Gasteiger partial charge in [0.2, 0.25) is 10.0 Å². The Morgan fingerprint density at radius 3 is 2.38 bits per heavy atom. The van der Waals surface area contributed by atoms with Crippen LogP contribution < -0.4 is 4.90 Å². The van der Waals surface area contributed by atoms with Crippen molar-refractivity contribution in [1.29, 1.82) is 5.26 Å². The summed E-state index contributed by atoms with van der Waals surface area (Å²) in [5.74, 6) is -0.703. The Bertz CT molecular complexity index is 963. The lowest BCUT2D eigenvalue weighted by Gasteiger charge is -2.36. The second-order valence-electron chi connectivity index (χ2n) is 8.92. The number of piperazine rings is 1. The van der Waals surface area contributed by atoms with Crippen LogP contribution in [-0.2, 0) is 19.6 Å². The van der Waals surface area contributed by atoms with Gasteiger partial charge in [-0.25, -0.2) is 12.7 Å². The highest BCUT2D eigenvalue weighted by Gasteiger charge is 2.51. The quantitative estimate of drug-likeness (QED) is 0.575. The number of carbonyl (C=O) groups excluding carboxylic acids is 1. The molecule has 3 aliphatic heterocycles. The maximum atomic E-state index is 12.6. The molecule has 174 valence electrons. The summed E-state index contributed by atoms with van der Waals surface area (Å²) in [5, 5.41) is 9.46. The number of esters is 1. The molecule has 10 heteroatoms. The molecule has 0 amide bonds. The van der Waals surface area contributed by atoms with Crippen molar-refractivity contribution in [3.8, 4) is 6.07 Å². The maximum Gasteiger partial charge on any atom is 0.312 e. The smallest absolute Gasteiger partial charge is 0.312 e. The molecule has 0 aliphatic carbocycles. The van der Waals surface area contributed by atoms with Crippen LogP contribution in [-0.4, -0.2) is 81.3 Å². The molecule has 3 heterocycles. The lowest BCUT2D eigenvalue weighted by atomic mass is 9.76. The van der Waals surface area contributed by atoms with Gasteiger partial charge in [-0.3, -0.25) is 9.69 Å². The maximum absolute atomic E-state index is 12.6. The van der Waals surface area contributed by atoms with Crippen molar-refractivity contribution in [3.63, 3.8) is 0 Å². The summed E-state index contributed by atoms with van der Waals surface area (Å²) in [4.78, 5) is 17.4. The standard InChI is InChI=1S/C22H29ClN4O4S/c23-18-1-3-19(4-2-18)26-14-12-25(13-15-26)9-5-20-17-22(21(28)31-20)6-10-27(11-7-22)32(29,30)16-8-24/h1-4,20H,5-7,9-17H2. The number of piperidine rings is 1. The lowest BCUT2D eigenvalue weighted by molar-refractivity contribution is -0.150. The summed E-state index contributed by atoms with van der Waals surface area (Å²) in [6.07, 6.45) is 2.27. The number of cyclic esters (lactones) is 1. The molecule has 0 saturated carbocycles. The van der Waals surface area contributed by atoms with Crippen molar-refractivity contribution >= 4 is 33.3 Å². The van der Waals surface area contributed by atoms with Gasteiger partial charge in [-0.05, 0) is 43.5 Å². The van der Waals surface area contributed by atoms with Crippen LogP contribution in [0.25, 0.3) is 0 Å². The Morgan fingerprint density at radius 2 is 1.75 bits per heavy atom. The minimum absolute atomic E-state index is 0.112. The number of nitriles is 1. The molecule has 8 nitrogen and oxygen atoms in total. The van der Waals surface area contributed by atoms with Gasteiger partial charge in [-0.15, -0.1) is 0 Å². The summed E-state index contributed by atoms with van der Waals surface area (Å²) in [6.45, 7) is 5.24. The average molecular weight is 481 g/mol. The molecule has 4 rings (SSSR count). The first-order valence-corrected chi connectivity index (χ1v) is 13.1. The number of benzene rings is 1. The monoisotopic (exact) mass is 480 g/mol. The van der Waals surface area contributed by atoms with Gasteiger partial charge < -0.3 is 9.64 Å². The molecule has 0 aromatic heterocycles. The molecule has 3 fully saturated rings. The highest BCUT2D eigenvalue weighted by atomic mass is 35.5. The van der Waals surface area contributed by atoms with Crippen molar-refractivity contribution in [1.82, 2.24) is 9.21 Å². The van der Waals surface area contributed by atoms with Gasteiger partial charge in [0.15, 0.2) is 5.75 Å². The Balaban J connectivity index is 1.23. The molecule has 32 heavy (non-hydrogen) atoms. The third-order valence-corrected chi connectivity index (χ3v) is 8.87. The second kappa shape index (κ2) is 9.56. The third kappa shape index (κ3) is 5.04. The van der Waals surface area contributed by atoms with Gasteiger partial charge in [0, 0.05) is 62.9 Å². The number of halogens is 1. The molecule has 1 atom stereocenters. The number of rotatable bonds is 6. The highest BCUT2D eigenvalue weighted by molar-refractivity contribution is 7.89. The summed E-state index contributed by atoms with van der Waals surface area (Å²) in [6, 6.07) is 9.63. The fourth-order valence-electron chi connectivity index (χ4n) is 4.98.